The van der Waals surface area contributed by atoms with Gasteiger partial charge in [0.15, 0.2) is 0 Å². The molecule has 0 bridgehead atoms. The lowest BCUT2D eigenvalue weighted by Gasteiger charge is -2.36. The van der Waals surface area contributed by atoms with E-state index in [9.17, 15) is 23.1 Å². The number of anilines is 1. The Morgan fingerprint density at radius 2 is 1.82 bits per heavy atom. The monoisotopic (exact) mass is 565 g/mol. The number of carbonyl (C=O) groups is 2. The summed E-state index contributed by atoms with van der Waals surface area (Å²) >= 11 is 0. The second-order valence-corrected chi connectivity index (χ2v) is 12.9. The molecule has 1 amide bonds. The number of unbranched alkanes of at least 4 members (excludes halogenated alkanes) is 1. The number of aromatic nitrogens is 1. The van der Waals surface area contributed by atoms with Crippen LogP contribution in [0.3, 0.4) is 0 Å². The molecular formula is C27H43N5O6S. The van der Waals surface area contributed by atoms with Crippen molar-refractivity contribution in [3.8, 4) is 0 Å². The van der Waals surface area contributed by atoms with Crippen LogP contribution in [0.15, 0.2) is 24.5 Å². The molecule has 0 saturated carbocycles. The highest BCUT2D eigenvalue weighted by molar-refractivity contribution is 7.89. The van der Waals surface area contributed by atoms with Crippen LogP contribution in [-0.2, 0) is 19.6 Å². The highest BCUT2D eigenvalue weighted by Crippen LogP contribution is 2.27. The van der Waals surface area contributed by atoms with Gasteiger partial charge in [-0.2, -0.15) is 0 Å². The first-order valence-corrected chi connectivity index (χ1v) is 16.0. The topological polar surface area (TPSA) is 132 Å². The average Bonchev–Trinajstić information content (AvgIpc) is 3.31. The maximum absolute atomic E-state index is 12.6. The van der Waals surface area contributed by atoms with Crippen LogP contribution < -0.4 is 9.62 Å². The Kier molecular flexibility index (Phi) is 10.4. The quantitative estimate of drug-likeness (QED) is 0.370. The van der Waals surface area contributed by atoms with Gasteiger partial charge in [-0.1, -0.05) is 13.3 Å². The fourth-order valence-corrected chi connectivity index (χ4v) is 7.43. The number of ether oxygens (including phenoxy) is 1. The van der Waals surface area contributed by atoms with Crippen molar-refractivity contribution >= 4 is 27.8 Å². The number of pyridine rings is 1. The highest BCUT2D eigenvalue weighted by atomic mass is 32.2. The van der Waals surface area contributed by atoms with Crippen LogP contribution in [0.1, 0.15) is 58.3 Å². The predicted octanol–water partition coefficient (Wildman–Crippen LogP) is 2.54. The normalized spacial score (nSPS) is 22.7. The van der Waals surface area contributed by atoms with Gasteiger partial charge in [0.1, 0.15) is 12.1 Å². The standard InChI is InChI=1S/C27H43N5O6S/c1-2-3-19-39(36,37)29-25(26(33)34)21-8-15-30(16-9-21)14-4-5-24-20-32(27(35)38-24)23-10-17-31(18-11-23)22-6-12-28-13-7-22/h6-7,12-13,21,23-25,29H,2-5,8-11,14-20H2,1H3,(H,33,34). The first-order valence-electron chi connectivity index (χ1n) is 14.3. The fourth-order valence-electron chi connectivity index (χ4n) is 5.97. The summed E-state index contributed by atoms with van der Waals surface area (Å²) in [5.74, 6) is -1.37. The van der Waals surface area contributed by atoms with E-state index < -0.39 is 22.0 Å². The Labute approximate surface area is 231 Å². The van der Waals surface area contributed by atoms with Crippen molar-refractivity contribution in [3.05, 3.63) is 24.5 Å². The van der Waals surface area contributed by atoms with Crippen LogP contribution >= 0.6 is 0 Å². The summed E-state index contributed by atoms with van der Waals surface area (Å²) in [4.78, 5) is 35.0. The van der Waals surface area contributed by atoms with E-state index in [2.05, 4.69) is 19.5 Å². The summed E-state index contributed by atoms with van der Waals surface area (Å²) in [5, 5.41) is 9.65. The Balaban J connectivity index is 1.15. The number of piperidine rings is 2. The van der Waals surface area contributed by atoms with Crippen LogP contribution in [0.5, 0.6) is 0 Å². The van der Waals surface area contributed by atoms with Crippen molar-refractivity contribution in [2.24, 2.45) is 5.92 Å². The van der Waals surface area contributed by atoms with Crippen molar-refractivity contribution < 1.29 is 27.9 Å². The molecule has 4 rings (SSSR count). The lowest BCUT2D eigenvalue weighted by molar-refractivity contribution is -0.140. The molecular weight excluding hydrogens is 522 g/mol. The van der Waals surface area contributed by atoms with Gasteiger partial charge in [0.05, 0.1) is 12.3 Å². The van der Waals surface area contributed by atoms with Gasteiger partial charge in [0.25, 0.3) is 0 Å². The maximum atomic E-state index is 12.6. The van der Waals surface area contributed by atoms with Crippen LogP contribution in [0.2, 0.25) is 0 Å². The number of amides is 1. The van der Waals surface area contributed by atoms with Gasteiger partial charge >= 0.3 is 12.1 Å². The van der Waals surface area contributed by atoms with Crippen LogP contribution in [0.4, 0.5) is 10.5 Å². The number of likely N-dealkylation sites (tertiary alicyclic amines) is 1. The largest absolute Gasteiger partial charge is 0.480 e. The summed E-state index contributed by atoms with van der Waals surface area (Å²) in [6, 6.07) is 3.17. The molecule has 12 heteroatoms. The van der Waals surface area contributed by atoms with Crippen LogP contribution in [0.25, 0.3) is 0 Å². The number of nitrogens with one attached hydrogen (secondary N) is 1. The molecule has 11 nitrogen and oxygen atoms in total. The minimum Gasteiger partial charge on any atom is -0.480 e. The molecule has 2 atom stereocenters. The van der Waals surface area contributed by atoms with Gasteiger partial charge in [-0.05, 0) is 82.6 Å². The zero-order chi connectivity index (χ0) is 27.8. The second kappa shape index (κ2) is 13.8. The van der Waals surface area contributed by atoms with Crippen molar-refractivity contribution in [2.45, 2.75) is 76.5 Å². The molecule has 0 radical (unpaired) electrons. The van der Waals surface area contributed by atoms with E-state index in [4.69, 9.17) is 4.74 Å². The zero-order valence-electron chi connectivity index (χ0n) is 22.9. The first kappa shape index (κ1) is 29.5. The van der Waals surface area contributed by atoms with E-state index in [-0.39, 0.29) is 29.9 Å². The molecule has 218 valence electrons. The number of hydrogen-bond donors (Lipinski definition) is 2. The van der Waals surface area contributed by atoms with Crippen molar-refractivity contribution in [1.82, 2.24) is 19.5 Å². The first-order chi connectivity index (χ1) is 18.8. The number of rotatable bonds is 13. The Morgan fingerprint density at radius 3 is 2.46 bits per heavy atom. The second-order valence-electron chi connectivity index (χ2n) is 11.0. The molecule has 4 heterocycles. The molecule has 1 aromatic rings. The number of nitrogens with zero attached hydrogens (tertiary/aromatic N) is 4. The number of carbonyl (C=O) groups excluding carboxylic acids is 1. The predicted molar refractivity (Wildman–Crippen MR) is 148 cm³/mol. The molecule has 2 unspecified atom stereocenters. The summed E-state index contributed by atoms with van der Waals surface area (Å²) in [6.07, 6.45) is 9.37. The number of sulfonamides is 1. The van der Waals surface area contributed by atoms with Crippen molar-refractivity contribution in [3.63, 3.8) is 0 Å². The van der Waals surface area contributed by atoms with Gasteiger partial charge in [0.2, 0.25) is 10.0 Å². The number of hydrogen-bond acceptors (Lipinski definition) is 8. The molecule has 0 aromatic carbocycles. The third kappa shape index (κ3) is 8.28. The van der Waals surface area contributed by atoms with Crippen LogP contribution in [0, 0.1) is 5.92 Å². The minimum atomic E-state index is -3.60. The third-order valence-corrected chi connectivity index (χ3v) is 9.72. The fraction of sp³-hybridized carbons (Fsp3) is 0.741. The Morgan fingerprint density at radius 1 is 1.13 bits per heavy atom. The lowest BCUT2D eigenvalue weighted by Crippen LogP contribution is -2.50. The van der Waals surface area contributed by atoms with Crippen molar-refractivity contribution in [1.29, 1.82) is 0 Å². The minimum absolute atomic E-state index is 0.0416. The molecule has 2 N–H and O–H groups in total. The number of cyclic esters (lactones) is 1. The SMILES string of the molecule is CCCCS(=O)(=O)NC(C(=O)O)C1CCN(CCCC2CN(C3CCN(c4ccncc4)CC3)C(=O)O2)CC1. The molecule has 0 spiro atoms. The Hall–Kier alpha value is -2.44. The number of carboxylic acids is 1. The maximum Gasteiger partial charge on any atom is 0.410 e. The van der Waals surface area contributed by atoms with E-state index in [0.29, 0.717) is 25.8 Å². The highest BCUT2D eigenvalue weighted by Gasteiger charge is 2.38. The van der Waals surface area contributed by atoms with E-state index in [0.717, 1.165) is 64.8 Å². The molecule has 3 fully saturated rings. The van der Waals surface area contributed by atoms with E-state index in [1.165, 1.54) is 5.69 Å². The smallest absolute Gasteiger partial charge is 0.410 e. The summed E-state index contributed by atoms with van der Waals surface area (Å²) < 4.78 is 32.7. The van der Waals surface area contributed by atoms with Crippen molar-refractivity contribution in [2.75, 3.05) is 49.9 Å². The molecule has 39 heavy (non-hydrogen) atoms. The molecule has 3 aliphatic rings. The van der Waals surface area contributed by atoms with Gasteiger partial charge in [0, 0.05) is 37.2 Å². The zero-order valence-corrected chi connectivity index (χ0v) is 23.7. The number of carboxylic acid groups (broad SMARTS) is 1. The summed E-state index contributed by atoms with van der Waals surface area (Å²) in [6.45, 7) is 6.67. The molecule has 3 aliphatic heterocycles. The van der Waals surface area contributed by atoms with Crippen LogP contribution in [-0.4, -0.2) is 104 Å². The average molecular weight is 566 g/mol. The van der Waals surface area contributed by atoms with E-state index in [1.807, 2.05) is 24.0 Å². The van der Waals surface area contributed by atoms with E-state index >= 15 is 0 Å². The van der Waals surface area contributed by atoms with Gasteiger partial charge < -0.3 is 24.5 Å². The molecule has 0 aliphatic carbocycles. The van der Waals surface area contributed by atoms with Gasteiger partial charge in [-0.3, -0.25) is 9.78 Å². The van der Waals surface area contributed by atoms with E-state index in [1.54, 1.807) is 12.4 Å². The third-order valence-electron chi connectivity index (χ3n) is 8.28. The molecule has 1 aromatic heterocycles. The van der Waals surface area contributed by atoms with Gasteiger partial charge in [-0.25, -0.2) is 17.9 Å². The number of aliphatic carboxylic acids is 1. The van der Waals surface area contributed by atoms with Gasteiger partial charge in [-0.15, -0.1) is 0 Å². The molecule has 3 saturated heterocycles. The summed E-state index contributed by atoms with van der Waals surface area (Å²) in [5.41, 5.74) is 1.17. The summed E-state index contributed by atoms with van der Waals surface area (Å²) in [7, 11) is -3.60. The Bertz CT molecular complexity index is 1040. The lowest BCUT2D eigenvalue weighted by atomic mass is 9.90.